The van der Waals surface area contributed by atoms with E-state index in [1.165, 1.54) is 10.4 Å². The Hall–Kier alpha value is -2.19. The smallest absolute Gasteiger partial charge is 0.256 e. The molecular formula is C17H22N4O3S. The van der Waals surface area contributed by atoms with Crippen LogP contribution in [0.4, 0.5) is 5.82 Å². The van der Waals surface area contributed by atoms with Crippen LogP contribution in [-0.2, 0) is 10.0 Å². The van der Waals surface area contributed by atoms with Gasteiger partial charge in [-0.3, -0.25) is 9.89 Å². The third-order valence-corrected chi connectivity index (χ3v) is 6.37. The summed E-state index contributed by atoms with van der Waals surface area (Å²) in [4.78, 5) is 12.6. The maximum Gasteiger partial charge on any atom is 0.256 e. The first kappa shape index (κ1) is 17.6. The first-order chi connectivity index (χ1) is 11.9. The van der Waals surface area contributed by atoms with Crippen molar-refractivity contribution in [3.05, 3.63) is 41.1 Å². The van der Waals surface area contributed by atoms with Crippen LogP contribution in [0.3, 0.4) is 0 Å². The highest BCUT2D eigenvalue weighted by Gasteiger charge is 2.28. The zero-order valence-electron chi connectivity index (χ0n) is 14.4. The zero-order chi connectivity index (χ0) is 18.0. The maximum absolute atomic E-state index is 12.9. The van der Waals surface area contributed by atoms with Crippen LogP contribution in [0.2, 0.25) is 0 Å². The second kappa shape index (κ2) is 6.97. The van der Waals surface area contributed by atoms with Crippen molar-refractivity contribution in [2.24, 2.45) is 0 Å². The van der Waals surface area contributed by atoms with Gasteiger partial charge in [-0.05, 0) is 44.4 Å². The fourth-order valence-corrected chi connectivity index (χ4v) is 4.70. The van der Waals surface area contributed by atoms with Gasteiger partial charge in [0.1, 0.15) is 0 Å². The summed E-state index contributed by atoms with van der Waals surface area (Å²) in [6.07, 6.45) is 2.80. The Morgan fingerprint density at radius 1 is 1.16 bits per heavy atom. The predicted molar refractivity (Wildman–Crippen MR) is 95.1 cm³/mol. The molecule has 1 aliphatic heterocycles. The average molecular weight is 362 g/mol. The number of benzene rings is 1. The highest BCUT2D eigenvalue weighted by molar-refractivity contribution is 7.89. The number of carbonyl (C=O) groups is 1. The molecule has 1 aliphatic rings. The predicted octanol–water partition coefficient (Wildman–Crippen LogP) is 2.45. The van der Waals surface area contributed by atoms with Crippen molar-refractivity contribution in [3.8, 4) is 0 Å². The summed E-state index contributed by atoms with van der Waals surface area (Å²) in [5.74, 6) is 0.0186. The van der Waals surface area contributed by atoms with E-state index in [1.54, 1.807) is 25.1 Å². The Morgan fingerprint density at radius 3 is 2.52 bits per heavy atom. The van der Waals surface area contributed by atoms with Gasteiger partial charge in [0.25, 0.3) is 5.91 Å². The van der Waals surface area contributed by atoms with Gasteiger partial charge < -0.3 is 5.32 Å². The molecule has 2 aromatic rings. The fraction of sp³-hybridized carbons (Fsp3) is 0.412. The number of rotatable bonds is 4. The Labute approximate surface area is 147 Å². The van der Waals surface area contributed by atoms with E-state index in [1.807, 2.05) is 6.92 Å². The first-order valence-corrected chi connectivity index (χ1v) is 9.76. The molecule has 1 amide bonds. The fourth-order valence-electron chi connectivity index (χ4n) is 2.93. The molecule has 1 fully saturated rings. The minimum atomic E-state index is -3.59. The molecule has 2 heterocycles. The molecular weight excluding hydrogens is 340 g/mol. The lowest BCUT2D eigenvalue weighted by Gasteiger charge is -2.26. The normalized spacial score (nSPS) is 15.9. The number of carbonyl (C=O) groups excluding carboxylic acids is 1. The molecule has 0 bridgehead atoms. The zero-order valence-corrected chi connectivity index (χ0v) is 15.2. The standard InChI is InChI=1S/C17H22N4O3S/c1-12-6-7-14(17(22)18-16-10-13(2)19-20-16)11-15(12)25(23,24)21-8-4-3-5-9-21/h6-7,10-11H,3-5,8-9H2,1-2H3,(H2,18,19,20,22). The minimum Gasteiger partial charge on any atom is -0.305 e. The number of amides is 1. The summed E-state index contributed by atoms with van der Waals surface area (Å²) in [6.45, 7) is 4.64. The molecule has 0 atom stereocenters. The number of anilines is 1. The van der Waals surface area contributed by atoms with Crippen LogP contribution < -0.4 is 5.32 Å². The molecule has 0 aliphatic carbocycles. The quantitative estimate of drug-likeness (QED) is 0.873. The second-order valence-electron chi connectivity index (χ2n) is 6.34. The lowest BCUT2D eigenvalue weighted by molar-refractivity contribution is 0.102. The van der Waals surface area contributed by atoms with Crippen molar-refractivity contribution in [1.82, 2.24) is 14.5 Å². The van der Waals surface area contributed by atoms with Gasteiger partial charge in [0.2, 0.25) is 10.0 Å². The number of piperidine rings is 1. The number of aryl methyl sites for hydroxylation is 2. The highest BCUT2D eigenvalue weighted by Crippen LogP contribution is 2.24. The molecule has 0 radical (unpaired) electrons. The van der Waals surface area contributed by atoms with Crippen LogP contribution in [0.1, 0.15) is 40.9 Å². The summed E-state index contributed by atoms with van der Waals surface area (Å²) >= 11 is 0. The third-order valence-electron chi connectivity index (χ3n) is 4.33. The van der Waals surface area contributed by atoms with Crippen LogP contribution in [0, 0.1) is 13.8 Å². The van der Waals surface area contributed by atoms with Crippen LogP contribution in [0.15, 0.2) is 29.2 Å². The van der Waals surface area contributed by atoms with E-state index in [2.05, 4.69) is 15.5 Å². The average Bonchev–Trinajstić information content (AvgIpc) is 3.00. The van der Waals surface area contributed by atoms with Crippen LogP contribution in [-0.4, -0.2) is 41.9 Å². The van der Waals surface area contributed by atoms with Gasteiger partial charge in [0, 0.05) is 30.4 Å². The van der Waals surface area contributed by atoms with E-state index in [0.29, 0.717) is 30.0 Å². The second-order valence-corrected chi connectivity index (χ2v) is 8.24. The van der Waals surface area contributed by atoms with Crippen molar-refractivity contribution >= 4 is 21.7 Å². The van der Waals surface area contributed by atoms with Gasteiger partial charge in [0.15, 0.2) is 5.82 Å². The largest absolute Gasteiger partial charge is 0.305 e. The van der Waals surface area contributed by atoms with Crippen molar-refractivity contribution in [2.75, 3.05) is 18.4 Å². The molecule has 1 saturated heterocycles. The van der Waals surface area contributed by atoms with Crippen molar-refractivity contribution in [3.63, 3.8) is 0 Å². The Bertz CT molecular complexity index is 883. The Balaban J connectivity index is 1.88. The van der Waals surface area contributed by atoms with Gasteiger partial charge in [-0.25, -0.2) is 8.42 Å². The molecule has 0 unspecified atom stereocenters. The molecule has 25 heavy (non-hydrogen) atoms. The monoisotopic (exact) mass is 362 g/mol. The van der Waals surface area contributed by atoms with Gasteiger partial charge in [-0.1, -0.05) is 12.5 Å². The van der Waals surface area contributed by atoms with E-state index in [-0.39, 0.29) is 10.8 Å². The van der Waals surface area contributed by atoms with E-state index in [4.69, 9.17) is 0 Å². The molecule has 0 saturated carbocycles. The molecule has 1 aromatic heterocycles. The maximum atomic E-state index is 12.9. The number of hydrogen-bond donors (Lipinski definition) is 2. The van der Waals surface area contributed by atoms with Gasteiger partial charge in [0.05, 0.1) is 4.90 Å². The summed E-state index contributed by atoms with van der Waals surface area (Å²) in [5.41, 5.74) is 1.76. The van der Waals surface area contributed by atoms with Crippen molar-refractivity contribution in [1.29, 1.82) is 0 Å². The van der Waals surface area contributed by atoms with Crippen LogP contribution in [0.5, 0.6) is 0 Å². The molecule has 3 rings (SSSR count). The van der Waals surface area contributed by atoms with Crippen LogP contribution >= 0.6 is 0 Å². The first-order valence-electron chi connectivity index (χ1n) is 8.32. The van der Waals surface area contributed by atoms with Crippen molar-refractivity contribution in [2.45, 2.75) is 38.0 Å². The Kier molecular flexibility index (Phi) is 4.91. The van der Waals surface area contributed by atoms with E-state index < -0.39 is 10.0 Å². The lowest BCUT2D eigenvalue weighted by atomic mass is 10.1. The molecule has 1 aromatic carbocycles. The van der Waals surface area contributed by atoms with Crippen LogP contribution in [0.25, 0.3) is 0 Å². The molecule has 2 N–H and O–H groups in total. The minimum absolute atomic E-state index is 0.195. The third kappa shape index (κ3) is 3.74. The Morgan fingerprint density at radius 2 is 1.88 bits per heavy atom. The summed E-state index contributed by atoms with van der Waals surface area (Å²) in [5, 5.41) is 9.37. The number of aromatic amines is 1. The van der Waals surface area contributed by atoms with Gasteiger partial charge >= 0.3 is 0 Å². The van der Waals surface area contributed by atoms with Gasteiger partial charge in [-0.2, -0.15) is 9.40 Å². The number of aromatic nitrogens is 2. The van der Waals surface area contributed by atoms with Crippen molar-refractivity contribution < 1.29 is 13.2 Å². The van der Waals surface area contributed by atoms with Gasteiger partial charge in [-0.15, -0.1) is 0 Å². The number of H-pyrrole nitrogens is 1. The summed E-state index contributed by atoms with van der Waals surface area (Å²) < 4.78 is 27.4. The molecule has 134 valence electrons. The number of nitrogens with one attached hydrogen (secondary N) is 2. The molecule has 7 nitrogen and oxygen atoms in total. The molecule has 0 spiro atoms. The topological polar surface area (TPSA) is 95.2 Å². The number of hydrogen-bond acceptors (Lipinski definition) is 4. The SMILES string of the molecule is Cc1cc(NC(=O)c2ccc(C)c(S(=O)(=O)N3CCCCC3)c2)n[nH]1. The van der Waals surface area contributed by atoms with E-state index in [9.17, 15) is 13.2 Å². The summed E-state index contributed by atoms with van der Waals surface area (Å²) in [7, 11) is -3.59. The van der Waals surface area contributed by atoms with E-state index in [0.717, 1.165) is 25.0 Å². The number of nitrogens with zero attached hydrogens (tertiary/aromatic N) is 2. The molecule has 8 heteroatoms. The summed E-state index contributed by atoms with van der Waals surface area (Å²) in [6, 6.07) is 6.45. The highest BCUT2D eigenvalue weighted by atomic mass is 32.2. The van der Waals surface area contributed by atoms with E-state index >= 15 is 0 Å². The lowest BCUT2D eigenvalue weighted by Crippen LogP contribution is -2.36. The number of sulfonamides is 1.